The van der Waals surface area contributed by atoms with Crippen LogP contribution < -0.4 is 10.5 Å². The number of aromatic nitrogens is 2. The zero-order valence-corrected chi connectivity index (χ0v) is 11.4. The fourth-order valence-corrected chi connectivity index (χ4v) is 2.47. The van der Waals surface area contributed by atoms with Gasteiger partial charge in [-0.2, -0.15) is 0 Å². The first-order chi connectivity index (χ1) is 9.24. The molecule has 0 spiro atoms. The summed E-state index contributed by atoms with van der Waals surface area (Å²) in [6.45, 7) is 2.12. The van der Waals surface area contributed by atoms with E-state index in [4.69, 9.17) is 15.5 Å². The number of imidazole rings is 1. The van der Waals surface area contributed by atoms with Crippen molar-refractivity contribution in [3.05, 3.63) is 30.1 Å². The molecule has 0 unspecified atom stereocenters. The van der Waals surface area contributed by atoms with Crippen molar-refractivity contribution in [2.45, 2.75) is 32.2 Å². The SMILES string of the molecule is CCc1nc(-c2cccc(OC)c2)c(N)n1C1CC1. The molecule has 3 rings (SSSR count). The fourth-order valence-electron chi connectivity index (χ4n) is 2.47. The molecule has 1 aliphatic rings. The summed E-state index contributed by atoms with van der Waals surface area (Å²) >= 11 is 0. The number of nitrogens with zero attached hydrogens (tertiary/aromatic N) is 2. The Hall–Kier alpha value is -1.97. The second kappa shape index (κ2) is 4.61. The molecule has 2 aromatic rings. The van der Waals surface area contributed by atoms with Crippen molar-refractivity contribution in [1.82, 2.24) is 9.55 Å². The van der Waals surface area contributed by atoms with Crippen LogP contribution in [0, 0.1) is 0 Å². The minimum atomic E-state index is 0.557. The molecule has 0 aliphatic heterocycles. The summed E-state index contributed by atoms with van der Waals surface area (Å²) in [6, 6.07) is 8.46. The number of aryl methyl sites for hydroxylation is 1. The lowest BCUT2D eigenvalue weighted by molar-refractivity contribution is 0.415. The van der Waals surface area contributed by atoms with E-state index in [1.165, 1.54) is 12.8 Å². The van der Waals surface area contributed by atoms with Crippen LogP contribution >= 0.6 is 0 Å². The summed E-state index contributed by atoms with van der Waals surface area (Å²) in [5.74, 6) is 2.70. The first kappa shape index (κ1) is 12.1. The summed E-state index contributed by atoms with van der Waals surface area (Å²) in [4.78, 5) is 4.72. The molecular weight excluding hydrogens is 238 g/mol. The molecule has 4 nitrogen and oxygen atoms in total. The molecule has 1 fully saturated rings. The fraction of sp³-hybridized carbons (Fsp3) is 0.400. The van der Waals surface area contributed by atoms with Crippen LogP contribution in [0.15, 0.2) is 24.3 Å². The topological polar surface area (TPSA) is 53.1 Å². The van der Waals surface area contributed by atoms with Crippen molar-refractivity contribution in [1.29, 1.82) is 0 Å². The molecule has 19 heavy (non-hydrogen) atoms. The molecule has 2 N–H and O–H groups in total. The van der Waals surface area contributed by atoms with Crippen LogP contribution in [-0.2, 0) is 6.42 Å². The molecule has 0 bridgehead atoms. The lowest BCUT2D eigenvalue weighted by Crippen LogP contribution is -2.04. The number of hydrogen-bond acceptors (Lipinski definition) is 3. The predicted octanol–water partition coefficient (Wildman–Crippen LogP) is 3.04. The van der Waals surface area contributed by atoms with Crippen molar-refractivity contribution in [2.24, 2.45) is 0 Å². The summed E-state index contributed by atoms with van der Waals surface area (Å²) < 4.78 is 7.47. The van der Waals surface area contributed by atoms with Gasteiger partial charge in [0.05, 0.1) is 7.11 Å². The highest BCUT2D eigenvalue weighted by Crippen LogP contribution is 2.41. The van der Waals surface area contributed by atoms with Gasteiger partial charge < -0.3 is 15.0 Å². The van der Waals surface area contributed by atoms with Gasteiger partial charge in [-0.25, -0.2) is 4.98 Å². The minimum Gasteiger partial charge on any atom is -0.497 e. The number of anilines is 1. The van der Waals surface area contributed by atoms with E-state index in [0.29, 0.717) is 6.04 Å². The Kier molecular flexibility index (Phi) is 2.93. The van der Waals surface area contributed by atoms with Gasteiger partial charge in [0.15, 0.2) is 0 Å². The molecular formula is C15H19N3O. The monoisotopic (exact) mass is 257 g/mol. The number of nitrogen functional groups attached to an aromatic ring is 1. The van der Waals surface area contributed by atoms with E-state index in [1.807, 2.05) is 24.3 Å². The van der Waals surface area contributed by atoms with Crippen molar-refractivity contribution in [3.63, 3.8) is 0 Å². The molecule has 1 aromatic heterocycles. The van der Waals surface area contributed by atoms with Crippen LogP contribution in [0.5, 0.6) is 5.75 Å². The Bertz CT molecular complexity index is 599. The molecule has 1 heterocycles. The third-order valence-corrected chi connectivity index (χ3v) is 3.59. The quantitative estimate of drug-likeness (QED) is 0.916. The van der Waals surface area contributed by atoms with E-state index in [9.17, 15) is 0 Å². The summed E-state index contributed by atoms with van der Waals surface area (Å²) in [5, 5.41) is 0. The molecule has 1 saturated carbocycles. The summed E-state index contributed by atoms with van der Waals surface area (Å²) in [5.41, 5.74) is 8.20. The zero-order chi connectivity index (χ0) is 13.4. The summed E-state index contributed by atoms with van der Waals surface area (Å²) in [7, 11) is 1.67. The highest BCUT2D eigenvalue weighted by atomic mass is 16.5. The van der Waals surface area contributed by atoms with Crippen molar-refractivity contribution >= 4 is 5.82 Å². The first-order valence-electron chi connectivity index (χ1n) is 6.75. The predicted molar refractivity (Wildman–Crippen MR) is 76.3 cm³/mol. The zero-order valence-electron chi connectivity index (χ0n) is 11.4. The number of rotatable bonds is 4. The highest BCUT2D eigenvalue weighted by Gasteiger charge is 2.29. The van der Waals surface area contributed by atoms with Crippen LogP contribution in [0.2, 0.25) is 0 Å². The highest BCUT2D eigenvalue weighted by molar-refractivity contribution is 5.72. The van der Waals surface area contributed by atoms with E-state index in [2.05, 4.69) is 11.5 Å². The minimum absolute atomic E-state index is 0.557. The average Bonchev–Trinajstić information content (AvgIpc) is 3.22. The molecule has 100 valence electrons. The van der Waals surface area contributed by atoms with Crippen LogP contribution in [0.3, 0.4) is 0 Å². The maximum Gasteiger partial charge on any atom is 0.131 e. The maximum atomic E-state index is 6.30. The lowest BCUT2D eigenvalue weighted by atomic mass is 10.1. The number of ether oxygens (including phenoxy) is 1. The Morgan fingerprint density at radius 3 is 2.84 bits per heavy atom. The van der Waals surface area contributed by atoms with Crippen LogP contribution in [0.25, 0.3) is 11.3 Å². The van der Waals surface area contributed by atoms with E-state index in [-0.39, 0.29) is 0 Å². The molecule has 0 saturated heterocycles. The standard InChI is InChI=1S/C15H19N3O/c1-3-13-17-14(15(16)18(13)11-7-8-11)10-5-4-6-12(9-10)19-2/h4-6,9,11H,3,7-8,16H2,1-2H3. The van der Waals surface area contributed by atoms with E-state index >= 15 is 0 Å². The third-order valence-electron chi connectivity index (χ3n) is 3.59. The Balaban J connectivity index is 2.09. The molecule has 0 amide bonds. The van der Waals surface area contributed by atoms with Gasteiger partial charge in [-0.3, -0.25) is 0 Å². The molecule has 4 heteroatoms. The Morgan fingerprint density at radius 1 is 1.42 bits per heavy atom. The third kappa shape index (κ3) is 2.07. The van der Waals surface area contributed by atoms with Gasteiger partial charge in [-0.1, -0.05) is 19.1 Å². The van der Waals surface area contributed by atoms with Gasteiger partial charge >= 0.3 is 0 Å². The van der Waals surface area contributed by atoms with Crippen LogP contribution in [-0.4, -0.2) is 16.7 Å². The van der Waals surface area contributed by atoms with E-state index in [1.54, 1.807) is 7.11 Å². The van der Waals surface area contributed by atoms with E-state index < -0.39 is 0 Å². The number of nitrogens with two attached hydrogens (primary N) is 1. The molecule has 0 radical (unpaired) electrons. The molecule has 1 aromatic carbocycles. The number of hydrogen-bond donors (Lipinski definition) is 1. The van der Waals surface area contributed by atoms with Gasteiger partial charge in [-0.15, -0.1) is 0 Å². The first-order valence-corrected chi connectivity index (χ1v) is 6.75. The van der Waals surface area contributed by atoms with Gasteiger partial charge in [0.25, 0.3) is 0 Å². The smallest absolute Gasteiger partial charge is 0.131 e. The van der Waals surface area contributed by atoms with Gasteiger partial charge in [0.2, 0.25) is 0 Å². The molecule has 0 atom stereocenters. The second-order valence-electron chi connectivity index (χ2n) is 4.95. The number of methoxy groups -OCH3 is 1. The second-order valence-corrected chi connectivity index (χ2v) is 4.95. The number of benzene rings is 1. The Morgan fingerprint density at radius 2 is 2.21 bits per heavy atom. The van der Waals surface area contributed by atoms with Crippen LogP contribution in [0.4, 0.5) is 5.82 Å². The van der Waals surface area contributed by atoms with Gasteiger partial charge in [-0.05, 0) is 25.0 Å². The molecule has 1 aliphatic carbocycles. The van der Waals surface area contributed by atoms with Gasteiger partial charge in [0, 0.05) is 18.0 Å². The normalized spacial score (nSPS) is 14.6. The maximum absolute atomic E-state index is 6.30. The average molecular weight is 257 g/mol. The Labute approximate surface area is 113 Å². The van der Waals surface area contributed by atoms with Crippen molar-refractivity contribution < 1.29 is 4.74 Å². The van der Waals surface area contributed by atoms with Crippen LogP contribution in [0.1, 0.15) is 31.6 Å². The largest absolute Gasteiger partial charge is 0.497 e. The van der Waals surface area contributed by atoms with Gasteiger partial charge in [0.1, 0.15) is 23.1 Å². The summed E-state index contributed by atoms with van der Waals surface area (Å²) in [6.07, 6.45) is 3.33. The van der Waals surface area contributed by atoms with Crippen molar-refractivity contribution in [3.8, 4) is 17.0 Å². The van der Waals surface area contributed by atoms with E-state index in [0.717, 1.165) is 35.1 Å². The lowest BCUT2D eigenvalue weighted by Gasteiger charge is -2.07. The van der Waals surface area contributed by atoms with Crippen molar-refractivity contribution in [2.75, 3.05) is 12.8 Å².